The fourth-order valence-electron chi connectivity index (χ4n) is 1.27. The van der Waals surface area contributed by atoms with E-state index < -0.39 is 17.7 Å². The summed E-state index contributed by atoms with van der Waals surface area (Å²) in [5.74, 6) is -1.01. The number of nitrogens with one attached hydrogen (secondary N) is 1. The van der Waals surface area contributed by atoms with Gasteiger partial charge in [-0.05, 0) is 39.7 Å². The minimum atomic E-state index is -1.01. The minimum absolute atomic E-state index is 0.356. The zero-order chi connectivity index (χ0) is 13.6. The van der Waals surface area contributed by atoms with E-state index in [0.717, 1.165) is 6.08 Å². The second kappa shape index (κ2) is 6.27. The van der Waals surface area contributed by atoms with E-state index in [0.29, 0.717) is 12.0 Å². The highest BCUT2D eigenvalue weighted by Gasteiger charge is 2.18. The van der Waals surface area contributed by atoms with Crippen LogP contribution in [0.4, 0.5) is 4.79 Å². The number of rotatable bonds is 4. The largest absolute Gasteiger partial charge is 0.478 e. The van der Waals surface area contributed by atoms with Crippen LogP contribution in [0.3, 0.4) is 0 Å². The quantitative estimate of drug-likeness (QED) is 0.743. The summed E-state index contributed by atoms with van der Waals surface area (Å²) in [6, 6.07) is -0.356. The molecule has 2 N–H and O–H groups in total. The Labute approximate surface area is 102 Å². The third-order valence-electron chi connectivity index (χ3n) is 2.01. The Morgan fingerprint density at radius 3 is 2.29 bits per heavy atom. The lowest BCUT2D eigenvalue weighted by Gasteiger charge is -2.22. The van der Waals surface area contributed by atoms with Crippen molar-refractivity contribution in [2.45, 2.75) is 52.7 Å². The van der Waals surface area contributed by atoms with Crippen LogP contribution in [0.1, 0.15) is 41.0 Å². The molecule has 0 spiro atoms. The van der Waals surface area contributed by atoms with E-state index in [2.05, 4.69) is 5.32 Å². The van der Waals surface area contributed by atoms with Crippen molar-refractivity contribution < 1.29 is 19.4 Å². The van der Waals surface area contributed by atoms with E-state index in [9.17, 15) is 9.59 Å². The molecule has 1 amide bonds. The molecular weight excluding hydrogens is 222 g/mol. The summed E-state index contributed by atoms with van der Waals surface area (Å²) < 4.78 is 5.08. The molecule has 0 fully saturated rings. The predicted molar refractivity (Wildman–Crippen MR) is 64.8 cm³/mol. The monoisotopic (exact) mass is 243 g/mol. The smallest absolute Gasteiger partial charge is 0.408 e. The molecule has 0 bridgehead atoms. The fourth-order valence-corrected chi connectivity index (χ4v) is 1.27. The van der Waals surface area contributed by atoms with Crippen LogP contribution >= 0.6 is 0 Å². The number of amides is 1. The molecule has 1 unspecified atom stereocenters. The molecule has 0 aromatic rings. The Morgan fingerprint density at radius 2 is 1.94 bits per heavy atom. The van der Waals surface area contributed by atoms with Crippen molar-refractivity contribution in [1.82, 2.24) is 5.32 Å². The van der Waals surface area contributed by atoms with Crippen LogP contribution in [0, 0.1) is 0 Å². The van der Waals surface area contributed by atoms with Gasteiger partial charge in [-0.15, -0.1) is 0 Å². The zero-order valence-corrected chi connectivity index (χ0v) is 11.0. The van der Waals surface area contributed by atoms with Gasteiger partial charge in [-0.1, -0.05) is 6.92 Å². The van der Waals surface area contributed by atoms with Crippen molar-refractivity contribution in [3.8, 4) is 0 Å². The van der Waals surface area contributed by atoms with Gasteiger partial charge in [-0.25, -0.2) is 9.59 Å². The van der Waals surface area contributed by atoms with Crippen LogP contribution in [0.15, 0.2) is 11.6 Å². The van der Waals surface area contributed by atoms with E-state index in [1.807, 2.05) is 6.92 Å². The Balaban J connectivity index is 4.47. The highest BCUT2D eigenvalue weighted by Crippen LogP contribution is 2.10. The van der Waals surface area contributed by atoms with E-state index in [4.69, 9.17) is 9.84 Å². The van der Waals surface area contributed by atoms with Crippen LogP contribution in [-0.2, 0) is 9.53 Å². The molecule has 0 heterocycles. The van der Waals surface area contributed by atoms with Crippen molar-refractivity contribution >= 4 is 12.1 Å². The van der Waals surface area contributed by atoms with Crippen molar-refractivity contribution in [3.05, 3.63) is 11.6 Å². The lowest BCUT2D eigenvalue weighted by Crippen LogP contribution is -2.38. The minimum Gasteiger partial charge on any atom is -0.478 e. The Morgan fingerprint density at radius 1 is 1.41 bits per heavy atom. The Kier molecular flexibility index (Phi) is 5.71. The van der Waals surface area contributed by atoms with Gasteiger partial charge < -0.3 is 15.2 Å². The van der Waals surface area contributed by atoms with Crippen LogP contribution in [0.2, 0.25) is 0 Å². The number of hydrogen-bond acceptors (Lipinski definition) is 3. The van der Waals surface area contributed by atoms with Crippen molar-refractivity contribution in [2.75, 3.05) is 0 Å². The number of ether oxygens (including phenoxy) is 1. The second-order valence-corrected chi connectivity index (χ2v) is 4.78. The molecule has 0 aromatic heterocycles. The Bertz CT molecular complexity index is 315. The molecule has 0 aliphatic rings. The molecular formula is C12H21NO4. The molecule has 0 radical (unpaired) electrons. The first-order chi connectivity index (χ1) is 7.65. The maximum Gasteiger partial charge on any atom is 0.408 e. The third-order valence-corrected chi connectivity index (χ3v) is 2.01. The molecule has 0 aromatic carbocycles. The number of aliphatic carboxylic acids is 1. The molecule has 5 heteroatoms. The molecule has 0 saturated carbocycles. The second-order valence-electron chi connectivity index (χ2n) is 4.78. The van der Waals surface area contributed by atoms with Crippen LogP contribution in [-0.4, -0.2) is 28.8 Å². The van der Waals surface area contributed by atoms with Gasteiger partial charge >= 0.3 is 12.1 Å². The molecule has 0 aliphatic carbocycles. The van der Waals surface area contributed by atoms with Gasteiger partial charge in [0.1, 0.15) is 5.60 Å². The summed E-state index contributed by atoms with van der Waals surface area (Å²) in [6.07, 6.45) is 1.13. The summed E-state index contributed by atoms with van der Waals surface area (Å²) in [4.78, 5) is 22.0. The number of carboxylic acids is 1. The van der Waals surface area contributed by atoms with Gasteiger partial charge in [0.05, 0.1) is 6.04 Å². The lowest BCUT2D eigenvalue weighted by atomic mass is 10.1. The molecule has 17 heavy (non-hydrogen) atoms. The zero-order valence-electron chi connectivity index (χ0n) is 11.0. The summed E-state index contributed by atoms with van der Waals surface area (Å²) in [7, 11) is 0. The van der Waals surface area contributed by atoms with E-state index >= 15 is 0 Å². The normalized spacial score (nSPS) is 14.1. The first-order valence-electron chi connectivity index (χ1n) is 5.58. The summed E-state index contributed by atoms with van der Waals surface area (Å²) in [5, 5.41) is 11.3. The van der Waals surface area contributed by atoms with Gasteiger partial charge in [0.25, 0.3) is 0 Å². The molecule has 0 aliphatic heterocycles. The number of carbonyl (C=O) groups excluding carboxylic acids is 1. The highest BCUT2D eigenvalue weighted by molar-refractivity contribution is 5.81. The van der Waals surface area contributed by atoms with Gasteiger partial charge in [-0.2, -0.15) is 0 Å². The molecule has 98 valence electrons. The predicted octanol–water partition coefficient (Wildman–Crippen LogP) is 2.32. The standard InChI is InChI=1S/C12H21NO4/c1-6-9(7-10(14)15)8(2)13-11(16)17-12(3,4)5/h7-8H,6H2,1-5H3,(H,13,16)(H,14,15)/b9-7+. The summed E-state index contributed by atoms with van der Waals surface area (Å²) in [5.41, 5.74) is 0.0792. The number of alkyl carbamates (subject to hydrolysis) is 1. The summed E-state index contributed by atoms with van der Waals surface area (Å²) in [6.45, 7) is 8.87. The van der Waals surface area contributed by atoms with Gasteiger partial charge in [-0.3, -0.25) is 0 Å². The average molecular weight is 243 g/mol. The number of carboxylic acid groups (broad SMARTS) is 1. The first kappa shape index (κ1) is 15.5. The first-order valence-corrected chi connectivity index (χ1v) is 5.58. The van der Waals surface area contributed by atoms with E-state index in [1.165, 1.54) is 0 Å². The Hall–Kier alpha value is -1.52. The van der Waals surface area contributed by atoms with Gasteiger partial charge in [0.15, 0.2) is 0 Å². The molecule has 0 saturated heterocycles. The lowest BCUT2D eigenvalue weighted by molar-refractivity contribution is -0.131. The summed E-state index contributed by atoms with van der Waals surface area (Å²) >= 11 is 0. The maximum absolute atomic E-state index is 11.5. The number of hydrogen-bond donors (Lipinski definition) is 2. The van der Waals surface area contributed by atoms with Crippen molar-refractivity contribution in [3.63, 3.8) is 0 Å². The van der Waals surface area contributed by atoms with Gasteiger partial charge in [0, 0.05) is 6.08 Å². The average Bonchev–Trinajstić information content (AvgIpc) is 2.10. The van der Waals surface area contributed by atoms with E-state index in [1.54, 1.807) is 27.7 Å². The fraction of sp³-hybridized carbons (Fsp3) is 0.667. The topological polar surface area (TPSA) is 75.6 Å². The van der Waals surface area contributed by atoms with Gasteiger partial charge in [0.2, 0.25) is 0 Å². The number of carbonyl (C=O) groups is 2. The van der Waals surface area contributed by atoms with Crippen LogP contribution in [0.25, 0.3) is 0 Å². The van der Waals surface area contributed by atoms with Crippen molar-refractivity contribution in [1.29, 1.82) is 0 Å². The van der Waals surface area contributed by atoms with E-state index in [-0.39, 0.29) is 6.04 Å². The SMILES string of the molecule is CC/C(=C\C(=O)O)C(C)NC(=O)OC(C)(C)C. The molecule has 0 rings (SSSR count). The third kappa shape index (κ3) is 7.38. The molecule has 1 atom stereocenters. The van der Waals surface area contributed by atoms with Crippen LogP contribution in [0.5, 0.6) is 0 Å². The van der Waals surface area contributed by atoms with Crippen LogP contribution < -0.4 is 5.32 Å². The molecule has 5 nitrogen and oxygen atoms in total. The van der Waals surface area contributed by atoms with Crippen molar-refractivity contribution in [2.24, 2.45) is 0 Å². The maximum atomic E-state index is 11.5. The highest BCUT2D eigenvalue weighted by atomic mass is 16.6.